The van der Waals surface area contributed by atoms with E-state index in [2.05, 4.69) is 26.9 Å². The fourth-order valence-corrected chi connectivity index (χ4v) is 4.95. The van der Waals surface area contributed by atoms with E-state index in [9.17, 15) is 4.79 Å². The standard InChI is InChI=1S/C23H32BrN3O3/c1-2-29-21-14-19(15-25)13-20(24)23(21)30-17-22(28)27-10-6-9-26(11-12-27)16-18-7-4-3-5-8-18/h13-14,18H,2-12,16-17H2,1H3. The molecule has 0 unspecified atom stereocenters. The van der Waals surface area contributed by atoms with Gasteiger partial charge < -0.3 is 19.3 Å². The van der Waals surface area contributed by atoms with Crippen molar-refractivity contribution in [3.05, 3.63) is 22.2 Å². The molecule has 0 spiro atoms. The van der Waals surface area contributed by atoms with E-state index in [4.69, 9.17) is 14.7 Å². The first-order valence-corrected chi connectivity index (χ1v) is 11.9. The van der Waals surface area contributed by atoms with Crippen LogP contribution in [0.3, 0.4) is 0 Å². The van der Waals surface area contributed by atoms with Crippen LogP contribution in [0.5, 0.6) is 11.5 Å². The zero-order valence-electron chi connectivity index (χ0n) is 17.9. The summed E-state index contributed by atoms with van der Waals surface area (Å²) in [6.45, 7) is 7.00. The van der Waals surface area contributed by atoms with E-state index in [1.54, 1.807) is 12.1 Å². The average molecular weight is 478 g/mol. The summed E-state index contributed by atoms with van der Waals surface area (Å²) < 4.78 is 12.1. The number of ether oxygens (including phenoxy) is 2. The highest BCUT2D eigenvalue weighted by Crippen LogP contribution is 2.36. The van der Waals surface area contributed by atoms with Crippen molar-refractivity contribution in [3.63, 3.8) is 0 Å². The highest BCUT2D eigenvalue weighted by molar-refractivity contribution is 9.10. The minimum absolute atomic E-state index is 0.00627. The minimum atomic E-state index is -0.0345. The number of carbonyl (C=O) groups excluding carboxylic acids is 1. The molecule has 0 N–H and O–H groups in total. The molecule has 1 amide bonds. The molecule has 0 aromatic heterocycles. The van der Waals surface area contributed by atoms with Crippen molar-refractivity contribution >= 4 is 21.8 Å². The van der Waals surface area contributed by atoms with Crippen LogP contribution in [-0.4, -0.2) is 61.6 Å². The molecule has 7 heteroatoms. The van der Waals surface area contributed by atoms with E-state index in [1.807, 2.05) is 11.8 Å². The third kappa shape index (κ3) is 6.36. The Bertz CT molecular complexity index is 759. The van der Waals surface area contributed by atoms with Gasteiger partial charge in [0.25, 0.3) is 5.91 Å². The predicted octanol–water partition coefficient (Wildman–Crippen LogP) is 4.21. The van der Waals surface area contributed by atoms with Crippen LogP contribution in [0.4, 0.5) is 0 Å². The molecule has 164 valence electrons. The van der Waals surface area contributed by atoms with Gasteiger partial charge in [0.05, 0.1) is 22.7 Å². The summed E-state index contributed by atoms with van der Waals surface area (Å²) in [5.74, 6) is 1.77. The van der Waals surface area contributed by atoms with Crippen molar-refractivity contribution in [1.29, 1.82) is 5.26 Å². The molecule has 2 aliphatic rings. The molecule has 1 saturated carbocycles. The Kier molecular flexibility index (Phi) is 8.83. The monoisotopic (exact) mass is 477 g/mol. The van der Waals surface area contributed by atoms with Gasteiger partial charge in [-0.15, -0.1) is 0 Å². The second kappa shape index (κ2) is 11.6. The maximum Gasteiger partial charge on any atom is 0.260 e. The molecule has 0 atom stereocenters. The van der Waals surface area contributed by atoms with Crippen molar-refractivity contribution in [1.82, 2.24) is 9.80 Å². The fraction of sp³-hybridized carbons (Fsp3) is 0.652. The molecule has 6 nitrogen and oxygen atoms in total. The van der Waals surface area contributed by atoms with Gasteiger partial charge in [-0.25, -0.2) is 0 Å². The van der Waals surface area contributed by atoms with Crippen LogP contribution in [0.25, 0.3) is 0 Å². The first-order valence-electron chi connectivity index (χ1n) is 11.1. The van der Waals surface area contributed by atoms with E-state index in [0.29, 0.717) is 28.1 Å². The largest absolute Gasteiger partial charge is 0.490 e. The predicted molar refractivity (Wildman–Crippen MR) is 120 cm³/mol. The van der Waals surface area contributed by atoms with Crippen LogP contribution in [0.2, 0.25) is 0 Å². The van der Waals surface area contributed by atoms with Crippen molar-refractivity contribution in [2.45, 2.75) is 45.4 Å². The molecule has 1 aromatic rings. The molecule has 1 aromatic carbocycles. The van der Waals surface area contributed by atoms with Crippen molar-refractivity contribution in [2.24, 2.45) is 5.92 Å². The zero-order valence-corrected chi connectivity index (χ0v) is 19.5. The van der Waals surface area contributed by atoms with Gasteiger partial charge in [0.1, 0.15) is 0 Å². The molecule has 0 radical (unpaired) electrons. The lowest BCUT2D eigenvalue weighted by atomic mass is 9.89. The smallest absolute Gasteiger partial charge is 0.260 e. The Labute approximate surface area is 188 Å². The summed E-state index contributed by atoms with van der Waals surface area (Å²) in [7, 11) is 0. The molecule has 0 bridgehead atoms. The van der Waals surface area contributed by atoms with Crippen LogP contribution in [-0.2, 0) is 4.79 Å². The first-order chi connectivity index (χ1) is 14.6. The molecular formula is C23H32BrN3O3. The third-order valence-corrected chi connectivity index (χ3v) is 6.55. The summed E-state index contributed by atoms with van der Waals surface area (Å²) in [5, 5.41) is 9.15. The van der Waals surface area contributed by atoms with Gasteiger partial charge >= 0.3 is 0 Å². The van der Waals surface area contributed by atoms with Gasteiger partial charge in [-0.2, -0.15) is 5.26 Å². The number of benzene rings is 1. The van der Waals surface area contributed by atoms with E-state index >= 15 is 0 Å². The second-order valence-corrected chi connectivity index (χ2v) is 9.01. The number of hydrogen-bond donors (Lipinski definition) is 0. The Morgan fingerprint density at radius 3 is 2.67 bits per heavy atom. The molecule has 30 heavy (non-hydrogen) atoms. The Balaban J connectivity index is 1.53. The van der Waals surface area contributed by atoms with Crippen LogP contribution < -0.4 is 9.47 Å². The summed E-state index contributed by atoms with van der Waals surface area (Å²) in [4.78, 5) is 17.3. The van der Waals surface area contributed by atoms with E-state index in [0.717, 1.165) is 38.5 Å². The average Bonchev–Trinajstić information content (AvgIpc) is 2.99. The molecule has 1 saturated heterocycles. The lowest BCUT2D eigenvalue weighted by molar-refractivity contribution is -0.133. The van der Waals surface area contributed by atoms with Crippen LogP contribution >= 0.6 is 15.9 Å². The summed E-state index contributed by atoms with van der Waals surface area (Å²) >= 11 is 3.43. The van der Waals surface area contributed by atoms with Gasteiger partial charge in [0.15, 0.2) is 18.1 Å². The molecule has 3 rings (SSSR count). The molecular weight excluding hydrogens is 446 g/mol. The Hall–Kier alpha value is -1.78. The Morgan fingerprint density at radius 1 is 1.13 bits per heavy atom. The lowest BCUT2D eigenvalue weighted by Crippen LogP contribution is -2.39. The number of rotatable bonds is 7. The quantitative estimate of drug-likeness (QED) is 0.588. The Morgan fingerprint density at radius 2 is 1.93 bits per heavy atom. The van der Waals surface area contributed by atoms with Crippen LogP contribution in [0.1, 0.15) is 51.0 Å². The van der Waals surface area contributed by atoms with Gasteiger partial charge in [-0.1, -0.05) is 19.3 Å². The highest BCUT2D eigenvalue weighted by atomic mass is 79.9. The zero-order chi connectivity index (χ0) is 21.3. The second-order valence-electron chi connectivity index (χ2n) is 8.16. The maximum absolute atomic E-state index is 12.8. The minimum Gasteiger partial charge on any atom is -0.490 e. The van der Waals surface area contributed by atoms with Crippen molar-refractivity contribution in [2.75, 3.05) is 45.9 Å². The van der Waals surface area contributed by atoms with E-state index < -0.39 is 0 Å². The van der Waals surface area contributed by atoms with Gasteiger partial charge in [-0.3, -0.25) is 4.79 Å². The summed E-state index contributed by atoms with van der Waals surface area (Å²) in [6, 6.07) is 5.43. The van der Waals surface area contributed by atoms with Gasteiger partial charge in [0, 0.05) is 32.2 Å². The number of halogens is 1. The molecule has 2 fully saturated rings. The number of hydrogen-bond acceptors (Lipinski definition) is 5. The SMILES string of the molecule is CCOc1cc(C#N)cc(Br)c1OCC(=O)N1CCCN(CC2CCCCC2)CC1. The number of nitrogens with zero attached hydrogens (tertiary/aromatic N) is 3. The topological polar surface area (TPSA) is 65.8 Å². The van der Waals surface area contributed by atoms with E-state index in [-0.39, 0.29) is 12.5 Å². The van der Waals surface area contributed by atoms with Gasteiger partial charge in [0.2, 0.25) is 0 Å². The summed E-state index contributed by atoms with van der Waals surface area (Å²) in [5.41, 5.74) is 0.481. The van der Waals surface area contributed by atoms with Crippen LogP contribution in [0, 0.1) is 17.2 Å². The first kappa shape index (κ1) is 22.9. The fourth-order valence-electron chi connectivity index (χ4n) is 4.40. The van der Waals surface area contributed by atoms with Gasteiger partial charge in [-0.05, 0) is 60.6 Å². The highest BCUT2D eigenvalue weighted by Gasteiger charge is 2.23. The number of amides is 1. The normalized spacial score (nSPS) is 18.5. The number of nitriles is 1. The van der Waals surface area contributed by atoms with Crippen LogP contribution in [0.15, 0.2) is 16.6 Å². The van der Waals surface area contributed by atoms with Crippen molar-refractivity contribution in [3.8, 4) is 17.6 Å². The third-order valence-electron chi connectivity index (χ3n) is 5.96. The lowest BCUT2D eigenvalue weighted by Gasteiger charge is -2.28. The maximum atomic E-state index is 12.8. The molecule has 1 aliphatic heterocycles. The molecule has 1 heterocycles. The van der Waals surface area contributed by atoms with Crippen molar-refractivity contribution < 1.29 is 14.3 Å². The number of carbonyl (C=O) groups is 1. The van der Waals surface area contributed by atoms with E-state index in [1.165, 1.54) is 38.6 Å². The summed E-state index contributed by atoms with van der Waals surface area (Å²) in [6.07, 6.45) is 7.84. The molecule has 1 aliphatic carbocycles.